The lowest BCUT2D eigenvalue weighted by Gasteiger charge is -2.30. The molecule has 1 heterocycles. The zero-order valence-corrected chi connectivity index (χ0v) is 11.8. The summed E-state index contributed by atoms with van der Waals surface area (Å²) in [5.41, 5.74) is 5.32. The largest absolute Gasteiger partial charge is 0.444 e. The molecule has 1 amide bonds. The van der Waals surface area contributed by atoms with Gasteiger partial charge < -0.3 is 15.8 Å². The first-order valence-electron chi connectivity index (χ1n) is 6.17. The average molecular weight is 260 g/mol. The van der Waals surface area contributed by atoms with Gasteiger partial charge in [-0.1, -0.05) is 0 Å². The Morgan fingerprint density at radius 2 is 2.18 bits per heavy atom. The van der Waals surface area contributed by atoms with Crippen LogP contribution in [-0.2, 0) is 4.74 Å². The Kier molecular flexibility index (Phi) is 5.59. The van der Waals surface area contributed by atoms with Crippen molar-refractivity contribution in [2.45, 2.75) is 32.8 Å². The molecule has 0 spiro atoms. The molecule has 0 aromatic heterocycles. The number of nitrogens with two attached hydrogens (primary N) is 1. The van der Waals surface area contributed by atoms with Crippen LogP contribution < -0.4 is 11.1 Å². The topological polar surface area (TPSA) is 64.3 Å². The average Bonchev–Trinajstić information content (AvgIpc) is 2.24. The molecule has 100 valence electrons. The molecule has 0 aliphatic carbocycles. The van der Waals surface area contributed by atoms with Gasteiger partial charge in [-0.2, -0.15) is 11.8 Å². The standard InChI is InChI=1S/C12H24N2O2S/c1-12(2,3)16-11(15)14-7-10-8-17-5-4-9(10)6-13/h9-10H,4-8,13H2,1-3H3,(H,14,15). The Balaban J connectivity index is 2.31. The number of carbonyl (C=O) groups is 1. The van der Waals surface area contributed by atoms with Crippen LogP contribution in [0.1, 0.15) is 27.2 Å². The second kappa shape index (κ2) is 6.50. The molecule has 5 heteroatoms. The predicted octanol–water partition coefficient (Wildman–Crippen LogP) is 1.84. The molecule has 1 rings (SSSR count). The Bertz CT molecular complexity index is 253. The van der Waals surface area contributed by atoms with Crippen molar-refractivity contribution in [2.75, 3.05) is 24.6 Å². The lowest BCUT2D eigenvalue weighted by atomic mass is 9.91. The third-order valence-corrected chi connectivity index (χ3v) is 4.03. The maximum absolute atomic E-state index is 11.5. The van der Waals surface area contributed by atoms with Crippen LogP contribution in [0.3, 0.4) is 0 Å². The summed E-state index contributed by atoms with van der Waals surface area (Å²) in [5, 5.41) is 2.84. The van der Waals surface area contributed by atoms with Gasteiger partial charge in [-0.3, -0.25) is 0 Å². The highest BCUT2D eigenvalue weighted by Gasteiger charge is 2.25. The van der Waals surface area contributed by atoms with Crippen LogP contribution >= 0.6 is 11.8 Å². The molecule has 3 N–H and O–H groups in total. The molecule has 4 nitrogen and oxygen atoms in total. The maximum Gasteiger partial charge on any atom is 0.407 e. The van der Waals surface area contributed by atoms with E-state index in [1.165, 1.54) is 5.75 Å². The van der Waals surface area contributed by atoms with Crippen LogP contribution in [-0.4, -0.2) is 36.3 Å². The van der Waals surface area contributed by atoms with Crippen LogP contribution in [0.5, 0.6) is 0 Å². The SMILES string of the molecule is CC(C)(C)OC(=O)NCC1CSCCC1CN. The molecule has 0 aromatic carbocycles. The number of amides is 1. The quantitative estimate of drug-likeness (QED) is 0.812. The maximum atomic E-state index is 11.5. The molecule has 17 heavy (non-hydrogen) atoms. The van der Waals surface area contributed by atoms with Crippen molar-refractivity contribution in [3.8, 4) is 0 Å². The van der Waals surface area contributed by atoms with Crippen molar-refractivity contribution in [1.82, 2.24) is 5.32 Å². The van der Waals surface area contributed by atoms with E-state index in [4.69, 9.17) is 10.5 Å². The summed E-state index contributed by atoms with van der Waals surface area (Å²) in [7, 11) is 0. The van der Waals surface area contributed by atoms with E-state index in [0.717, 1.165) is 12.2 Å². The first-order valence-corrected chi connectivity index (χ1v) is 7.32. The fraction of sp³-hybridized carbons (Fsp3) is 0.917. The van der Waals surface area contributed by atoms with Crippen molar-refractivity contribution >= 4 is 17.9 Å². The molecule has 0 bridgehead atoms. The summed E-state index contributed by atoms with van der Waals surface area (Å²) < 4.78 is 5.21. The number of ether oxygens (including phenoxy) is 1. The van der Waals surface area contributed by atoms with Crippen LogP contribution in [0.4, 0.5) is 4.79 Å². The predicted molar refractivity (Wildman–Crippen MR) is 72.2 cm³/mol. The van der Waals surface area contributed by atoms with Crippen molar-refractivity contribution in [1.29, 1.82) is 0 Å². The normalized spacial score (nSPS) is 25.4. The van der Waals surface area contributed by atoms with E-state index in [1.54, 1.807) is 0 Å². The zero-order valence-electron chi connectivity index (χ0n) is 11.0. The highest BCUT2D eigenvalue weighted by Crippen LogP contribution is 2.27. The van der Waals surface area contributed by atoms with Gasteiger partial charge in [0.05, 0.1) is 0 Å². The molecule has 2 atom stereocenters. The van der Waals surface area contributed by atoms with E-state index in [9.17, 15) is 4.79 Å². The Morgan fingerprint density at radius 3 is 2.76 bits per heavy atom. The highest BCUT2D eigenvalue weighted by molar-refractivity contribution is 7.99. The summed E-state index contributed by atoms with van der Waals surface area (Å²) in [6.07, 6.45) is 0.825. The Hall–Kier alpha value is -0.420. The summed E-state index contributed by atoms with van der Waals surface area (Å²) in [5.74, 6) is 3.28. The minimum atomic E-state index is -0.432. The number of nitrogens with one attached hydrogen (secondary N) is 1. The van der Waals surface area contributed by atoms with Crippen LogP contribution in [0.25, 0.3) is 0 Å². The van der Waals surface area contributed by atoms with Gasteiger partial charge in [-0.25, -0.2) is 4.79 Å². The zero-order chi connectivity index (χ0) is 12.9. The van der Waals surface area contributed by atoms with Gasteiger partial charge in [0.15, 0.2) is 0 Å². The van der Waals surface area contributed by atoms with Crippen molar-refractivity contribution in [3.63, 3.8) is 0 Å². The summed E-state index contributed by atoms with van der Waals surface area (Å²) in [6, 6.07) is 0. The second-order valence-electron chi connectivity index (χ2n) is 5.50. The third kappa shape index (κ3) is 5.64. The highest BCUT2D eigenvalue weighted by atomic mass is 32.2. The van der Waals surface area contributed by atoms with Gasteiger partial charge in [0.2, 0.25) is 0 Å². The van der Waals surface area contributed by atoms with Crippen molar-refractivity contribution in [3.05, 3.63) is 0 Å². The molecule has 0 radical (unpaired) electrons. The fourth-order valence-electron chi connectivity index (χ4n) is 1.91. The van der Waals surface area contributed by atoms with E-state index < -0.39 is 5.60 Å². The first-order chi connectivity index (χ1) is 7.92. The lowest BCUT2D eigenvalue weighted by molar-refractivity contribution is 0.0515. The number of hydrogen-bond donors (Lipinski definition) is 2. The molecule has 1 saturated heterocycles. The number of thioether (sulfide) groups is 1. The van der Waals surface area contributed by atoms with Crippen LogP contribution in [0.15, 0.2) is 0 Å². The molecule has 1 aliphatic rings. The van der Waals surface area contributed by atoms with E-state index >= 15 is 0 Å². The Labute approximate surface area is 108 Å². The van der Waals surface area contributed by atoms with Gasteiger partial charge in [0, 0.05) is 6.54 Å². The lowest BCUT2D eigenvalue weighted by Crippen LogP contribution is -2.40. The molecule has 0 aromatic rings. The van der Waals surface area contributed by atoms with Gasteiger partial charge in [0.25, 0.3) is 0 Å². The summed E-state index contributed by atoms with van der Waals surface area (Å²) in [6.45, 7) is 6.98. The van der Waals surface area contributed by atoms with Crippen LogP contribution in [0, 0.1) is 11.8 Å². The van der Waals surface area contributed by atoms with Crippen LogP contribution in [0.2, 0.25) is 0 Å². The van der Waals surface area contributed by atoms with E-state index in [0.29, 0.717) is 24.9 Å². The van der Waals surface area contributed by atoms with Gasteiger partial charge in [-0.15, -0.1) is 0 Å². The summed E-state index contributed by atoms with van der Waals surface area (Å²) in [4.78, 5) is 11.5. The third-order valence-electron chi connectivity index (χ3n) is 2.84. The van der Waals surface area contributed by atoms with Crippen molar-refractivity contribution < 1.29 is 9.53 Å². The second-order valence-corrected chi connectivity index (χ2v) is 6.65. The molecule has 2 unspecified atom stereocenters. The monoisotopic (exact) mass is 260 g/mol. The number of hydrogen-bond acceptors (Lipinski definition) is 4. The molecule has 1 fully saturated rings. The van der Waals surface area contributed by atoms with Crippen molar-refractivity contribution in [2.24, 2.45) is 17.6 Å². The van der Waals surface area contributed by atoms with Gasteiger partial charge >= 0.3 is 6.09 Å². The van der Waals surface area contributed by atoms with E-state index in [1.807, 2.05) is 32.5 Å². The fourth-order valence-corrected chi connectivity index (χ4v) is 3.23. The van der Waals surface area contributed by atoms with E-state index in [-0.39, 0.29) is 6.09 Å². The first kappa shape index (κ1) is 14.6. The summed E-state index contributed by atoms with van der Waals surface area (Å²) >= 11 is 1.94. The molecular weight excluding hydrogens is 236 g/mol. The van der Waals surface area contributed by atoms with Gasteiger partial charge in [0.1, 0.15) is 5.60 Å². The number of rotatable bonds is 3. The molecular formula is C12H24N2O2S. The Morgan fingerprint density at radius 1 is 1.47 bits per heavy atom. The smallest absolute Gasteiger partial charge is 0.407 e. The molecule has 1 aliphatic heterocycles. The number of alkyl carbamates (subject to hydrolysis) is 1. The minimum Gasteiger partial charge on any atom is -0.444 e. The van der Waals surface area contributed by atoms with E-state index in [2.05, 4.69) is 5.32 Å². The molecule has 0 saturated carbocycles. The minimum absolute atomic E-state index is 0.330. The number of carbonyl (C=O) groups excluding carboxylic acids is 1. The van der Waals surface area contributed by atoms with Gasteiger partial charge in [-0.05, 0) is 57.1 Å².